The highest BCUT2D eigenvalue weighted by Gasteiger charge is 2.10. The first-order valence-corrected chi connectivity index (χ1v) is 11.5. The third-order valence-electron chi connectivity index (χ3n) is 4.52. The second-order valence-corrected chi connectivity index (χ2v) is 7.57. The summed E-state index contributed by atoms with van der Waals surface area (Å²) in [7, 11) is 0. The summed E-state index contributed by atoms with van der Waals surface area (Å²) in [6.45, 7) is 5.47. The highest BCUT2D eigenvalue weighted by Crippen LogP contribution is 2.12. The van der Waals surface area contributed by atoms with Crippen LogP contribution in [0.3, 0.4) is 0 Å². The molecule has 0 aliphatic rings. The standard InChI is InChI=1S/C24H30N4O5S/c1-3-5-6-21(29)25-19-11-7-18(8-12-19)23(31)27-28-24(34)26-22(30)17-9-13-20(14-10-17)33-16-15-32-4-2/h7-14H,3-6,15-16H2,1-2H3,(H,25,29)(H,27,31)(H2,26,28,30,34). The first-order chi connectivity index (χ1) is 16.4. The molecule has 3 amide bonds. The van der Waals surface area contributed by atoms with E-state index in [1.807, 2.05) is 13.8 Å². The molecule has 0 aliphatic carbocycles. The van der Waals surface area contributed by atoms with Crippen LogP contribution in [0.25, 0.3) is 0 Å². The van der Waals surface area contributed by atoms with Gasteiger partial charge in [0.15, 0.2) is 5.11 Å². The van der Waals surface area contributed by atoms with E-state index in [0.29, 0.717) is 48.8 Å². The molecule has 4 N–H and O–H groups in total. The Morgan fingerprint density at radius 1 is 0.853 bits per heavy atom. The molecule has 10 heteroatoms. The number of anilines is 1. The molecule has 0 saturated carbocycles. The van der Waals surface area contributed by atoms with E-state index in [1.54, 1.807) is 48.5 Å². The molecule has 0 radical (unpaired) electrons. The summed E-state index contributed by atoms with van der Waals surface area (Å²) < 4.78 is 10.7. The van der Waals surface area contributed by atoms with E-state index in [2.05, 4.69) is 21.5 Å². The topological polar surface area (TPSA) is 118 Å². The van der Waals surface area contributed by atoms with Crippen molar-refractivity contribution in [2.75, 3.05) is 25.1 Å². The van der Waals surface area contributed by atoms with Crippen LogP contribution in [0.2, 0.25) is 0 Å². The molecule has 0 heterocycles. The molecule has 0 unspecified atom stereocenters. The maximum atomic E-state index is 12.3. The summed E-state index contributed by atoms with van der Waals surface area (Å²) in [5, 5.41) is 5.21. The van der Waals surface area contributed by atoms with E-state index in [0.717, 1.165) is 12.8 Å². The van der Waals surface area contributed by atoms with Gasteiger partial charge in [-0.15, -0.1) is 0 Å². The van der Waals surface area contributed by atoms with Crippen molar-refractivity contribution in [2.45, 2.75) is 33.1 Å². The van der Waals surface area contributed by atoms with Gasteiger partial charge in [-0.3, -0.25) is 30.6 Å². The molecule has 9 nitrogen and oxygen atoms in total. The summed E-state index contributed by atoms with van der Waals surface area (Å²) in [6.07, 6.45) is 2.22. The van der Waals surface area contributed by atoms with Gasteiger partial charge in [-0.1, -0.05) is 13.3 Å². The number of carbonyl (C=O) groups is 3. The number of hydrazine groups is 1. The van der Waals surface area contributed by atoms with Crippen molar-refractivity contribution >= 4 is 40.7 Å². The molecular weight excluding hydrogens is 456 g/mol. The van der Waals surface area contributed by atoms with E-state index >= 15 is 0 Å². The minimum atomic E-state index is -0.450. The van der Waals surface area contributed by atoms with Gasteiger partial charge in [0, 0.05) is 29.8 Å². The molecule has 0 aliphatic heterocycles. The highest BCUT2D eigenvalue weighted by molar-refractivity contribution is 7.80. The van der Waals surface area contributed by atoms with E-state index in [1.165, 1.54) is 0 Å². The van der Waals surface area contributed by atoms with Crippen molar-refractivity contribution in [3.05, 3.63) is 59.7 Å². The fourth-order valence-corrected chi connectivity index (χ4v) is 2.87. The monoisotopic (exact) mass is 486 g/mol. The third kappa shape index (κ3) is 9.55. The Labute approximate surface area is 204 Å². The largest absolute Gasteiger partial charge is 0.491 e. The van der Waals surface area contributed by atoms with Crippen LogP contribution in [0.15, 0.2) is 48.5 Å². The lowest BCUT2D eigenvalue weighted by Gasteiger charge is -2.12. The number of hydrogen-bond acceptors (Lipinski definition) is 6. The number of rotatable bonds is 11. The maximum Gasteiger partial charge on any atom is 0.269 e. The summed E-state index contributed by atoms with van der Waals surface area (Å²) in [5.74, 6) is -0.328. The average molecular weight is 487 g/mol. The van der Waals surface area contributed by atoms with Gasteiger partial charge in [0.05, 0.1) is 6.61 Å². The Hall–Kier alpha value is -3.50. The average Bonchev–Trinajstić information content (AvgIpc) is 2.84. The fraction of sp³-hybridized carbons (Fsp3) is 0.333. The van der Waals surface area contributed by atoms with Crippen molar-refractivity contribution in [2.24, 2.45) is 0 Å². The van der Waals surface area contributed by atoms with Gasteiger partial charge in [-0.2, -0.15) is 0 Å². The zero-order valence-corrected chi connectivity index (χ0v) is 20.1. The smallest absolute Gasteiger partial charge is 0.269 e. The van der Waals surface area contributed by atoms with Gasteiger partial charge in [0.2, 0.25) is 5.91 Å². The molecular formula is C24H30N4O5S. The Kier molecular flexibility index (Phi) is 11.5. The Morgan fingerprint density at radius 3 is 2.15 bits per heavy atom. The predicted octanol–water partition coefficient (Wildman–Crippen LogP) is 3.18. The minimum absolute atomic E-state index is 0.0600. The zero-order valence-electron chi connectivity index (χ0n) is 19.3. The van der Waals surface area contributed by atoms with Crippen LogP contribution in [0.1, 0.15) is 53.8 Å². The fourth-order valence-electron chi connectivity index (χ4n) is 2.72. The predicted molar refractivity (Wildman–Crippen MR) is 134 cm³/mol. The third-order valence-corrected chi connectivity index (χ3v) is 4.73. The van der Waals surface area contributed by atoms with Crippen LogP contribution in [0, 0.1) is 0 Å². The summed E-state index contributed by atoms with van der Waals surface area (Å²) in [4.78, 5) is 36.4. The molecule has 0 atom stereocenters. The summed E-state index contributed by atoms with van der Waals surface area (Å²) in [6, 6.07) is 13.0. The SMILES string of the molecule is CCCCC(=O)Nc1ccc(C(=O)NNC(=S)NC(=O)c2ccc(OCCOCC)cc2)cc1. The number of benzene rings is 2. The number of nitrogens with one attached hydrogen (secondary N) is 4. The van der Waals surface area contributed by atoms with Crippen LogP contribution >= 0.6 is 12.2 Å². The van der Waals surface area contributed by atoms with Gasteiger partial charge in [0.1, 0.15) is 12.4 Å². The van der Waals surface area contributed by atoms with Crippen LogP contribution in [-0.2, 0) is 9.53 Å². The van der Waals surface area contributed by atoms with E-state index in [4.69, 9.17) is 21.7 Å². The minimum Gasteiger partial charge on any atom is -0.491 e. The normalized spacial score (nSPS) is 10.2. The van der Waals surface area contributed by atoms with Gasteiger partial charge in [0.25, 0.3) is 11.8 Å². The number of ether oxygens (including phenoxy) is 2. The Morgan fingerprint density at radius 2 is 1.50 bits per heavy atom. The van der Waals surface area contributed by atoms with Crippen molar-refractivity contribution < 1.29 is 23.9 Å². The molecule has 34 heavy (non-hydrogen) atoms. The van der Waals surface area contributed by atoms with Crippen molar-refractivity contribution in [1.82, 2.24) is 16.2 Å². The van der Waals surface area contributed by atoms with Gasteiger partial charge in [-0.25, -0.2) is 0 Å². The molecule has 0 spiro atoms. The molecule has 0 aromatic heterocycles. The van der Waals surface area contributed by atoms with Crippen LogP contribution in [0.5, 0.6) is 5.75 Å². The van der Waals surface area contributed by atoms with Gasteiger partial charge in [-0.05, 0) is 74.1 Å². The number of thiocarbonyl (C=S) groups is 1. The number of hydrogen-bond donors (Lipinski definition) is 4. The molecule has 0 fully saturated rings. The van der Waals surface area contributed by atoms with Crippen LogP contribution in [-0.4, -0.2) is 42.7 Å². The first kappa shape index (κ1) is 26.7. The lowest BCUT2D eigenvalue weighted by atomic mass is 10.2. The van der Waals surface area contributed by atoms with E-state index < -0.39 is 11.8 Å². The quantitative estimate of drug-likeness (QED) is 0.219. The second-order valence-electron chi connectivity index (χ2n) is 7.16. The number of unbranched alkanes of at least 4 members (excludes halogenated alkanes) is 1. The molecule has 0 saturated heterocycles. The van der Waals surface area contributed by atoms with Gasteiger partial charge >= 0.3 is 0 Å². The van der Waals surface area contributed by atoms with Crippen LogP contribution < -0.4 is 26.2 Å². The Balaban J connectivity index is 1.76. The van der Waals surface area contributed by atoms with Gasteiger partial charge < -0.3 is 14.8 Å². The first-order valence-electron chi connectivity index (χ1n) is 11.0. The second kappa shape index (κ2) is 14.6. The zero-order chi connectivity index (χ0) is 24.8. The molecule has 2 aromatic rings. The molecule has 0 bridgehead atoms. The Bertz CT molecular complexity index is 964. The molecule has 182 valence electrons. The lowest BCUT2D eigenvalue weighted by Crippen LogP contribution is -2.48. The van der Waals surface area contributed by atoms with E-state index in [-0.39, 0.29) is 11.0 Å². The molecule has 2 rings (SSSR count). The number of carbonyl (C=O) groups excluding carboxylic acids is 3. The van der Waals surface area contributed by atoms with Crippen LogP contribution in [0.4, 0.5) is 5.69 Å². The van der Waals surface area contributed by atoms with Crippen molar-refractivity contribution in [1.29, 1.82) is 0 Å². The van der Waals surface area contributed by atoms with Crippen molar-refractivity contribution in [3.63, 3.8) is 0 Å². The number of amides is 3. The van der Waals surface area contributed by atoms with Crippen molar-refractivity contribution in [3.8, 4) is 5.75 Å². The van der Waals surface area contributed by atoms with E-state index in [9.17, 15) is 14.4 Å². The maximum absolute atomic E-state index is 12.3. The highest BCUT2D eigenvalue weighted by atomic mass is 32.1. The molecule has 2 aromatic carbocycles. The summed E-state index contributed by atoms with van der Waals surface area (Å²) >= 11 is 5.07. The summed E-state index contributed by atoms with van der Waals surface area (Å²) in [5.41, 5.74) is 6.26. The lowest BCUT2D eigenvalue weighted by molar-refractivity contribution is -0.116.